The zero-order valence-corrected chi connectivity index (χ0v) is 15.6. The molecule has 0 saturated carbocycles. The van der Waals surface area contributed by atoms with Crippen molar-refractivity contribution in [1.82, 2.24) is 29.4 Å². The Balaban J connectivity index is 1.54. The van der Waals surface area contributed by atoms with Crippen molar-refractivity contribution in [3.05, 3.63) is 35.2 Å². The molecule has 1 amide bonds. The molecule has 7 nitrogen and oxygen atoms in total. The molecule has 2 aromatic heterocycles. The van der Waals surface area contributed by atoms with E-state index in [1.54, 1.807) is 12.3 Å². The maximum absolute atomic E-state index is 12.8. The van der Waals surface area contributed by atoms with Gasteiger partial charge in [0, 0.05) is 43.9 Å². The van der Waals surface area contributed by atoms with Crippen LogP contribution in [0.1, 0.15) is 61.1 Å². The van der Waals surface area contributed by atoms with E-state index in [-0.39, 0.29) is 11.9 Å². The number of aromatic nitrogens is 5. The molecule has 1 unspecified atom stereocenters. The van der Waals surface area contributed by atoms with E-state index in [2.05, 4.69) is 19.9 Å². The molecule has 0 aliphatic carbocycles. The van der Waals surface area contributed by atoms with Crippen molar-refractivity contribution in [2.75, 3.05) is 6.54 Å². The lowest BCUT2D eigenvalue weighted by molar-refractivity contribution is -0.127. The Bertz CT molecular complexity index is 833. The highest BCUT2D eigenvalue weighted by Gasteiger charge is 2.33. The van der Waals surface area contributed by atoms with Crippen LogP contribution in [0.25, 0.3) is 6.08 Å². The number of rotatable bonds is 3. The van der Waals surface area contributed by atoms with Crippen LogP contribution in [0.15, 0.2) is 12.3 Å². The maximum atomic E-state index is 12.8. The van der Waals surface area contributed by atoms with Gasteiger partial charge in [0.2, 0.25) is 5.91 Å². The van der Waals surface area contributed by atoms with Gasteiger partial charge in [0.15, 0.2) is 5.82 Å². The molecule has 0 N–H and O–H groups in total. The van der Waals surface area contributed by atoms with Crippen molar-refractivity contribution in [3.63, 3.8) is 0 Å². The van der Waals surface area contributed by atoms with E-state index in [0.29, 0.717) is 0 Å². The van der Waals surface area contributed by atoms with E-state index in [1.807, 2.05) is 29.6 Å². The van der Waals surface area contributed by atoms with E-state index in [1.165, 1.54) is 19.3 Å². The van der Waals surface area contributed by atoms with Crippen molar-refractivity contribution < 1.29 is 4.79 Å². The molecule has 2 aliphatic rings. The van der Waals surface area contributed by atoms with Crippen molar-refractivity contribution in [3.8, 4) is 0 Å². The number of hydrogen-bond donors (Lipinski definition) is 0. The minimum atomic E-state index is 0.0431. The third-order valence-corrected chi connectivity index (χ3v) is 5.65. The fraction of sp³-hybridized carbons (Fsp3) is 0.579. The highest BCUT2D eigenvalue weighted by molar-refractivity contribution is 5.92. The van der Waals surface area contributed by atoms with Crippen molar-refractivity contribution >= 4 is 12.0 Å². The third-order valence-electron chi connectivity index (χ3n) is 5.65. The Labute approximate surface area is 153 Å². The number of aryl methyl sites for hydroxylation is 2. The molecular weight excluding hydrogens is 328 g/mol. The molecule has 0 radical (unpaired) electrons. The first-order valence-corrected chi connectivity index (χ1v) is 9.54. The van der Waals surface area contributed by atoms with E-state index in [0.717, 1.165) is 55.3 Å². The molecule has 4 heterocycles. The normalized spacial score (nSPS) is 20.5. The first-order chi connectivity index (χ1) is 12.6. The summed E-state index contributed by atoms with van der Waals surface area (Å²) in [6, 6.07) is 0.0431. The fourth-order valence-electron chi connectivity index (χ4n) is 3.99. The second-order valence-electron chi connectivity index (χ2n) is 7.27. The molecule has 2 aliphatic heterocycles. The molecule has 4 rings (SSSR count). The Morgan fingerprint density at radius 1 is 1.19 bits per heavy atom. The van der Waals surface area contributed by atoms with Crippen LogP contribution in [-0.4, -0.2) is 41.9 Å². The standard InChI is InChI=1S/C19H26N6O/c1-14-15(13-20-23(14)2)9-10-18(26)24-12-6-7-16(24)19-22-21-17-8-4-3-5-11-25(17)19/h9-10,13,16H,3-8,11-12H2,1-2H3/b10-9-. The second kappa shape index (κ2) is 7.05. The SMILES string of the molecule is Cc1c(/C=C\C(=O)N2CCCC2c2nnc3n2CCCCC3)cnn1C. The number of amides is 1. The van der Waals surface area contributed by atoms with Gasteiger partial charge in [-0.2, -0.15) is 5.10 Å². The molecule has 1 fully saturated rings. The smallest absolute Gasteiger partial charge is 0.247 e. The van der Waals surface area contributed by atoms with Crippen molar-refractivity contribution in [2.24, 2.45) is 7.05 Å². The van der Waals surface area contributed by atoms with Crippen LogP contribution in [-0.2, 0) is 24.8 Å². The Morgan fingerprint density at radius 3 is 2.88 bits per heavy atom. The summed E-state index contributed by atoms with van der Waals surface area (Å²) < 4.78 is 4.08. The second-order valence-corrected chi connectivity index (χ2v) is 7.27. The minimum absolute atomic E-state index is 0.0431. The molecule has 0 aromatic carbocycles. The Kier molecular flexibility index (Phi) is 4.61. The lowest BCUT2D eigenvalue weighted by Gasteiger charge is -2.23. The number of carbonyl (C=O) groups excluding carboxylic acids is 1. The fourth-order valence-corrected chi connectivity index (χ4v) is 3.99. The largest absolute Gasteiger partial charge is 0.329 e. The lowest BCUT2D eigenvalue weighted by atomic mass is 10.2. The van der Waals surface area contributed by atoms with Crippen molar-refractivity contribution in [1.29, 1.82) is 0 Å². The van der Waals surface area contributed by atoms with Crippen LogP contribution < -0.4 is 0 Å². The summed E-state index contributed by atoms with van der Waals surface area (Å²) in [7, 11) is 1.90. The van der Waals surface area contributed by atoms with E-state index in [4.69, 9.17) is 0 Å². The molecule has 26 heavy (non-hydrogen) atoms. The summed E-state index contributed by atoms with van der Waals surface area (Å²) in [6.45, 7) is 3.75. The number of hydrogen-bond acceptors (Lipinski definition) is 4. The Morgan fingerprint density at radius 2 is 2.08 bits per heavy atom. The summed E-state index contributed by atoms with van der Waals surface area (Å²) in [5, 5.41) is 13.1. The van der Waals surface area contributed by atoms with Crippen molar-refractivity contribution in [2.45, 2.75) is 58.0 Å². The third kappa shape index (κ3) is 3.06. The van der Waals surface area contributed by atoms with Gasteiger partial charge in [0.1, 0.15) is 5.82 Å². The van der Waals surface area contributed by atoms with Gasteiger partial charge in [-0.1, -0.05) is 6.42 Å². The van der Waals surface area contributed by atoms with E-state index >= 15 is 0 Å². The van der Waals surface area contributed by atoms with Gasteiger partial charge in [-0.3, -0.25) is 9.48 Å². The average Bonchev–Trinajstić information content (AvgIpc) is 3.30. The molecule has 138 valence electrons. The minimum Gasteiger partial charge on any atom is -0.329 e. The predicted molar refractivity (Wildman–Crippen MR) is 98.2 cm³/mol. The highest BCUT2D eigenvalue weighted by Crippen LogP contribution is 2.32. The van der Waals surface area contributed by atoms with E-state index < -0.39 is 0 Å². The van der Waals surface area contributed by atoms with Crippen LogP contribution in [0, 0.1) is 6.92 Å². The van der Waals surface area contributed by atoms with Gasteiger partial charge < -0.3 is 9.47 Å². The van der Waals surface area contributed by atoms with E-state index in [9.17, 15) is 4.79 Å². The van der Waals surface area contributed by atoms with Crippen LogP contribution in [0.2, 0.25) is 0 Å². The summed E-state index contributed by atoms with van der Waals surface area (Å²) in [6.07, 6.45) is 11.9. The van der Waals surface area contributed by atoms with Gasteiger partial charge in [0.05, 0.1) is 12.2 Å². The van der Waals surface area contributed by atoms with Gasteiger partial charge >= 0.3 is 0 Å². The number of fused-ring (bicyclic) bond motifs is 1. The van der Waals surface area contributed by atoms with Gasteiger partial charge in [0.25, 0.3) is 0 Å². The molecule has 7 heteroatoms. The van der Waals surface area contributed by atoms with Gasteiger partial charge in [-0.05, 0) is 38.7 Å². The number of nitrogens with zero attached hydrogens (tertiary/aromatic N) is 6. The summed E-state index contributed by atoms with van der Waals surface area (Å²) in [5.74, 6) is 2.10. The summed E-state index contributed by atoms with van der Waals surface area (Å²) in [4.78, 5) is 14.8. The first kappa shape index (κ1) is 17.0. The molecule has 1 atom stereocenters. The first-order valence-electron chi connectivity index (χ1n) is 9.54. The quantitative estimate of drug-likeness (QED) is 0.794. The maximum Gasteiger partial charge on any atom is 0.247 e. The Hall–Kier alpha value is -2.44. The molecular formula is C19H26N6O. The number of carbonyl (C=O) groups is 1. The topological polar surface area (TPSA) is 68.8 Å². The van der Waals surface area contributed by atoms with Gasteiger partial charge in [-0.15, -0.1) is 10.2 Å². The van der Waals surface area contributed by atoms with Gasteiger partial charge in [-0.25, -0.2) is 0 Å². The zero-order valence-electron chi connectivity index (χ0n) is 15.6. The number of likely N-dealkylation sites (tertiary alicyclic amines) is 1. The van der Waals surface area contributed by atoms with Crippen LogP contribution in [0.5, 0.6) is 0 Å². The monoisotopic (exact) mass is 354 g/mol. The molecule has 0 bridgehead atoms. The molecule has 2 aromatic rings. The van der Waals surface area contributed by atoms with Crippen LogP contribution in [0.4, 0.5) is 0 Å². The summed E-state index contributed by atoms with van der Waals surface area (Å²) in [5.41, 5.74) is 2.03. The van der Waals surface area contributed by atoms with Crippen LogP contribution >= 0.6 is 0 Å². The highest BCUT2D eigenvalue weighted by atomic mass is 16.2. The van der Waals surface area contributed by atoms with Crippen LogP contribution in [0.3, 0.4) is 0 Å². The summed E-state index contributed by atoms with van der Waals surface area (Å²) >= 11 is 0. The molecule has 1 saturated heterocycles. The lowest BCUT2D eigenvalue weighted by Crippen LogP contribution is -2.30. The molecule has 0 spiro atoms. The predicted octanol–water partition coefficient (Wildman–Crippen LogP) is 2.42. The average molecular weight is 354 g/mol. The zero-order chi connectivity index (χ0) is 18.1.